The van der Waals surface area contributed by atoms with Crippen LogP contribution in [0, 0.1) is 33.7 Å². The van der Waals surface area contributed by atoms with Gasteiger partial charge in [-0.05, 0) is 0 Å². The first-order valence-corrected chi connectivity index (χ1v) is 1.76. The lowest BCUT2D eigenvalue weighted by Gasteiger charge is -1.98. The van der Waals surface area contributed by atoms with Gasteiger partial charge in [-0.15, -0.1) is 0 Å². The van der Waals surface area contributed by atoms with E-state index in [0.717, 1.165) is 17.9 Å². The third-order valence-electron chi connectivity index (χ3n) is 0.534. The van der Waals surface area contributed by atoms with Crippen LogP contribution in [-0.2, 0) is 0 Å². The zero-order valence-corrected chi connectivity index (χ0v) is 3.80. The van der Waals surface area contributed by atoms with Gasteiger partial charge in [0.25, 0.3) is 0 Å². The molecule has 0 aliphatic rings. The van der Waals surface area contributed by atoms with Gasteiger partial charge < -0.3 is 4.32 Å². The zero-order valence-electron chi connectivity index (χ0n) is 3.80. The van der Waals surface area contributed by atoms with Gasteiger partial charge in [-0.1, -0.05) is 17.9 Å². The van der Waals surface area contributed by atoms with E-state index in [0.29, 0.717) is 0 Å². The first-order chi connectivity index (χ1) is 3.68. The molecule has 0 heterocycles. The summed E-state index contributed by atoms with van der Waals surface area (Å²) in [5, 5.41) is 23.2. The van der Waals surface area contributed by atoms with Crippen molar-refractivity contribution in [1.29, 1.82) is 15.8 Å². The van der Waals surface area contributed by atoms with Crippen LogP contribution < -0.4 is 0 Å². The minimum Gasteiger partial charge on any atom is -0.468 e. The first kappa shape index (κ1) is 6.46. The maximum absolute atomic E-state index is 12.0. The van der Waals surface area contributed by atoms with Gasteiger partial charge >= 0.3 is 6.42 Å². The first-order valence-electron chi connectivity index (χ1n) is 1.76. The molecular formula is C3BFN3-. The highest BCUT2D eigenvalue weighted by Crippen LogP contribution is 1.96. The lowest BCUT2D eigenvalue weighted by molar-refractivity contribution is 0.844. The zero-order chi connectivity index (χ0) is 6.62. The predicted molar refractivity (Wildman–Crippen MR) is 23.7 cm³/mol. The van der Waals surface area contributed by atoms with E-state index in [2.05, 4.69) is 0 Å². The van der Waals surface area contributed by atoms with Gasteiger partial charge in [0.2, 0.25) is 0 Å². The summed E-state index contributed by atoms with van der Waals surface area (Å²) < 4.78 is 12.0. The maximum Gasteiger partial charge on any atom is 0.436 e. The highest BCUT2D eigenvalue weighted by molar-refractivity contribution is 6.93. The molecule has 0 rings (SSSR count). The predicted octanol–water partition coefficient (Wildman–Crippen LogP) is 0.0897. The van der Waals surface area contributed by atoms with Gasteiger partial charge in [-0.2, -0.15) is 0 Å². The molecule has 0 saturated carbocycles. The Kier molecular flexibility index (Phi) is 1.58. The quantitative estimate of drug-likeness (QED) is 0.412. The standard InChI is InChI=1S/C3BFN3/c5-4(1-6,2-7)3-8/q-1. The van der Waals surface area contributed by atoms with E-state index in [1.807, 2.05) is 0 Å². The Morgan fingerprint density at radius 2 is 1.25 bits per heavy atom. The van der Waals surface area contributed by atoms with Crippen molar-refractivity contribution in [3.8, 4) is 17.9 Å². The summed E-state index contributed by atoms with van der Waals surface area (Å²) in [5.74, 6) is 2.85. The average molecular weight is 108 g/mol. The Labute approximate surface area is 45.5 Å². The fourth-order valence-corrected chi connectivity index (χ4v) is 0.0866. The maximum atomic E-state index is 12.0. The molecule has 38 valence electrons. The van der Waals surface area contributed by atoms with Crippen molar-refractivity contribution >= 4 is 6.42 Å². The van der Waals surface area contributed by atoms with Crippen molar-refractivity contribution in [3.63, 3.8) is 0 Å². The molecule has 0 aromatic carbocycles. The Morgan fingerprint density at radius 1 is 1.00 bits per heavy atom. The second-order valence-electron chi connectivity index (χ2n) is 1.15. The summed E-state index contributed by atoms with van der Waals surface area (Å²) in [7, 11) is 0. The third-order valence-corrected chi connectivity index (χ3v) is 0.534. The molecule has 0 spiro atoms. The van der Waals surface area contributed by atoms with Gasteiger partial charge in [-0.3, -0.25) is 0 Å². The minimum absolute atomic E-state index is 0.951. The fraction of sp³-hybridized carbons (Fsp3) is 0. The largest absolute Gasteiger partial charge is 0.468 e. The van der Waals surface area contributed by atoms with Crippen LogP contribution in [0.5, 0.6) is 0 Å². The molecule has 0 unspecified atom stereocenters. The van der Waals surface area contributed by atoms with Gasteiger partial charge in [0, 0.05) is 0 Å². The lowest BCUT2D eigenvalue weighted by atomic mass is 9.48. The summed E-state index contributed by atoms with van der Waals surface area (Å²) in [5.41, 5.74) is 0. The summed E-state index contributed by atoms with van der Waals surface area (Å²) in [6.07, 6.45) is -3.54. The second kappa shape index (κ2) is 1.96. The highest BCUT2D eigenvalue weighted by atomic mass is 19.1. The molecule has 0 fully saturated rings. The van der Waals surface area contributed by atoms with Crippen molar-refractivity contribution in [1.82, 2.24) is 0 Å². The van der Waals surface area contributed by atoms with Crippen LogP contribution in [0.1, 0.15) is 0 Å². The smallest absolute Gasteiger partial charge is 0.436 e. The second-order valence-corrected chi connectivity index (χ2v) is 1.15. The Hall–Kier alpha value is -1.54. The van der Waals surface area contributed by atoms with E-state index < -0.39 is 6.42 Å². The van der Waals surface area contributed by atoms with Gasteiger partial charge in [0.15, 0.2) is 0 Å². The van der Waals surface area contributed by atoms with E-state index in [9.17, 15) is 4.32 Å². The molecule has 0 radical (unpaired) electrons. The summed E-state index contributed by atoms with van der Waals surface area (Å²) in [6, 6.07) is 0. The summed E-state index contributed by atoms with van der Waals surface area (Å²) in [6.45, 7) is 0. The van der Waals surface area contributed by atoms with Crippen LogP contribution in [0.2, 0.25) is 0 Å². The monoisotopic (exact) mass is 108 g/mol. The van der Waals surface area contributed by atoms with E-state index >= 15 is 0 Å². The molecule has 0 bridgehead atoms. The number of hydrogen-bond donors (Lipinski definition) is 0. The fourth-order valence-electron chi connectivity index (χ4n) is 0.0866. The Morgan fingerprint density at radius 3 is 1.25 bits per heavy atom. The van der Waals surface area contributed by atoms with Crippen LogP contribution in [0.25, 0.3) is 0 Å². The molecule has 0 aliphatic carbocycles. The molecule has 0 aromatic rings. The number of rotatable bonds is 0. The number of nitrogens with zero attached hydrogens (tertiary/aromatic N) is 3. The molecule has 8 heavy (non-hydrogen) atoms. The number of nitriles is 3. The molecule has 0 aliphatic heterocycles. The summed E-state index contributed by atoms with van der Waals surface area (Å²) in [4.78, 5) is 0. The number of halogens is 1. The molecule has 0 saturated heterocycles. The molecule has 0 aromatic heterocycles. The van der Waals surface area contributed by atoms with Crippen LogP contribution in [0.15, 0.2) is 0 Å². The molecule has 5 heteroatoms. The molecule has 3 nitrogen and oxygen atoms in total. The molecule has 0 amide bonds. The van der Waals surface area contributed by atoms with Crippen molar-refractivity contribution < 1.29 is 4.32 Å². The topological polar surface area (TPSA) is 71.4 Å². The van der Waals surface area contributed by atoms with Crippen LogP contribution in [0.3, 0.4) is 0 Å². The minimum atomic E-state index is -3.54. The van der Waals surface area contributed by atoms with Gasteiger partial charge in [-0.25, -0.2) is 15.8 Å². The van der Waals surface area contributed by atoms with E-state index in [4.69, 9.17) is 15.8 Å². The average Bonchev–Trinajstić information content (AvgIpc) is 1.87. The van der Waals surface area contributed by atoms with E-state index in [1.165, 1.54) is 0 Å². The number of hydrogen-bond acceptors (Lipinski definition) is 3. The van der Waals surface area contributed by atoms with Crippen LogP contribution in [0.4, 0.5) is 4.32 Å². The molecule has 0 atom stereocenters. The SMILES string of the molecule is N#C[B-](F)(C#N)C#N. The highest BCUT2D eigenvalue weighted by Gasteiger charge is 2.21. The van der Waals surface area contributed by atoms with Crippen molar-refractivity contribution in [2.45, 2.75) is 0 Å². The van der Waals surface area contributed by atoms with Crippen LogP contribution in [-0.4, -0.2) is 6.42 Å². The third kappa shape index (κ3) is 0.962. The van der Waals surface area contributed by atoms with Gasteiger partial charge in [0.05, 0.1) is 0 Å². The summed E-state index contributed by atoms with van der Waals surface area (Å²) >= 11 is 0. The lowest BCUT2D eigenvalue weighted by Crippen LogP contribution is -2.21. The van der Waals surface area contributed by atoms with Gasteiger partial charge in [0.1, 0.15) is 0 Å². The van der Waals surface area contributed by atoms with Crippen molar-refractivity contribution in [2.24, 2.45) is 0 Å². The van der Waals surface area contributed by atoms with E-state index in [-0.39, 0.29) is 0 Å². The molecular weight excluding hydrogens is 108 g/mol. The Bertz CT molecular complexity index is 168. The Balaban J connectivity index is 4.42. The molecule has 0 N–H and O–H groups in total. The van der Waals surface area contributed by atoms with Crippen LogP contribution >= 0.6 is 0 Å². The van der Waals surface area contributed by atoms with E-state index in [1.54, 1.807) is 0 Å². The van der Waals surface area contributed by atoms with Crippen molar-refractivity contribution in [3.05, 3.63) is 0 Å². The van der Waals surface area contributed by atoms with Crippen molar-refractivity contribution in [2.75, 3.05) is 0 Å². The normalized spacial score (nSPS) is 8.25.